The molecule has 3 aliphatic rings. The van der Waals surface area contributed by atoms with E-state index >= 15 is 0 Å². The number of aromatic nitrogens is 2. The molecule has 2 aliphatic heterocycles. The number of aryl methyl sites for hydroxylation is 1. The summed E-state index contributed by atoms with van der Waals surface area (Å²) in [6, 6.07) is 34.8. The minimum atomic E-state index is -0.639. The van der Waals surface area contributed by atoms with Gasteiger partial charge in [-0.05, 0) is 84.8 Å². The fourth-order valence-electron chi connectivity index (χ4n) is 9.52. The van der Waals surface area contributed by atoms with Gasteiger partial charge in [0.05, 0.1) is 7.05 Å². The predicted octanol–water partition coefficient (Wildman–Crippen LogP) is 12.1. The maximum atomic E-state index is 6.69. The second kappa shape index (κ2) is 13.5. The standard InChI is InChI=1S/C53H57N4O.Pt/c1-49(2,3)33-25-38-39-26-34(50(4,5)6)28-43(52(10,11)12)47(39)53(46(38)42(27-33)51(7,8)9)40-22-21-37(58-36-18-15-17-35(29-36)56-24-23-54(13)31-56)30-45(40)57-32-55(14)44-20-16-19-41(53)48(44)57;/h15-28,32H,1-14H3;/q-3;+4. The normalized spacial score (nSPS) is 15.2. The molecular formula is C53H57N4OPt+. The van der Waals surface area contributed by atoms with Gasteiger partial charge in [-0.25, -0.2) is 0 Å². The van der Waals surface area contributed by atoms with Gasteiger partial charge in [-0.2, -0.15) is 24.9 Å². The van der Waals surface area contributed by atoms with Crippen LogP contribution in [0, 0.1) is 25.1 Å². The van der Waals surface area contributed by atoms with Crippen LogP contribution in [0.2, 0.25) is 0 Å². The predicted molar refractivity (Wildman–Crippen MR) is 237 cm³/mol. The molecule has 9 rings (SSSR count). The van der Waals surface area contributed by atoms with Crippen molar-refractivity contribution in [1.29, 1.82) is 0 Å². The van der Waals surface area contributed by atoms with Gasteiger partial charge in [0.25, 0.3) is 0 Å². The van der Waals surface area contributed by atoms with Crippen molar-refractivity contribution < 1.29 is 30.4 Å². The Morgan fingerprint density at radius 1 is 0.661 bits per heavy atom. The molecule has 3 heterocycles. The van der Waals surface area contributed by atoms with E-state index in [9.17, 15) is 0 Å². The van der Waals surface area contributed by atoms with Crippen LogP contribution >= 0.6 is 0 Å². The molecule has 0 atom stereocenters. The maximum Gasteiger partial charge on any atom is 4.00 e. The maximum absolute atomic E-state index is 6.69. The van der Waals surface area contributed by atoms with Crippen LogP contribution in [0.15, 0.2) is 85.2 Å². The van der Waals surface area contributed by atoms with E-state index in [1.807, 2.05) is 46.8 Å². The van der Waals surface area contributed by atoms with Crippen LogP contribution in [-0.4, -0.2) is 11.6 Å². The number of anilines is 3. The van der Waals surface area contributed by atoms with Crippen molar-refractivity contribution in [3.8, 4) is 28.3 Å². The van der Waals surface area contributed by atoms with Crippen LogP contribution in [0.5, 0.6) is 11.5 Å². The van der Waals surface area contributed by atoms with Crippen LogP contribution in [-0.2, 0) is 55.2 Å². The van der Waals surface area contributed by atoms with Crippen molar-refractivity contribution in [3.63, 3.8) is 0 Å². The van der Waals surface area contributed by atoms with Crippen molar-refractivity contribution in [1.82, 2.24) is 4.57 Å². The molecule has 304 valence electrons. The monoisotopic (exact) mass is 960 g/mol. The number of imidazole rings is 1. The second-order valence-electron chi connectivity index (χ2n) is 20.9. The van der Waals surface area contributed by atoms with Gasteiger partial charge in [0.2, 0.25) is 6.33 Å². The molecule has 0 radical (unpaired) electrons. The van der Waals surface area contributed by atoms with Gasteiger partial charge in [0.1, 0.15) is 0 Å². The Labute approximate surface area is 367 Å². The number of benzene rings is 5. The number of rotatable bonds is 3. The minimum absolute atomic E-state index is 0. The average Bonchev–Trinajstić information content (AvgIpc) is 3.81. The summed E-state index contributed by atoms with van der Waals surface area (Å²) < 4.78 is 10.5. The summed E-state index contributed by atoms with van der Waals surface area (Å²) in [6.07, 6.45) is 7.21. The quantitative estimate of drug-likeness (QED) is 0.130. The van der Waals surface area contributed by atoms with Crippen LogP contribution in [0.4, 0.5) is 17.1 Å². The molecule has 59 heavy (non-hydrogen) atoms. The Morgan fingerprint density at radius 3 is 1.78 bits per heavy atom. The Hall–Kier alpha value is -4.60. The van der Waals surface area contributed by atoms with Crippen molar-refractivity contribution >= 4 is 17.1 Å². The molecule has 1 spiro atoms. The largest absolute Gasteiger partial charge is 4.00 e. The van der Waals surface area contributed by atoms with Crippen molar-refractivity contribution in [3.05, 3.63) is 155 Å². The van der Waals surface area contributed by atoms with E-state index in [1.54, 1.807) is 0 Å². The zero-order valence-electron chi connectivity index (χ0n) is 37.2. The molecule has 0 saturated carbocycles. The summed E-state index contributed by atoms with van der Waals surface area (Å²) >= 11 is 0. The molecule has 0 amide bonds. The number of ether oxygens (including phenoxy) is 1. The molecule has 0 saturated heterocycles. The number of hydrogen-bond donors (Lipinski definition) is 0. The van der Waals surface area contributed by atoms with E-state index in [4.69, 9.17) is 4.74 Å². The topological polar surface area (TPSA) is 24.5 Å². The Bertz CT molecular complexity index is 2580. The van der Waals surface area contributed by atoms with Gasteiger partial charge >= 0.3 is 21.1 Å². The summed E-state index contributed by atoms with van der Waals surface area (Å²) in [7, 11) is 4.12. The van der Waals surface area contributed by atoms with Gasteiger partial charge in [-0.15, -0.1) is 29.8 Å². The van der Waals surface area contributed by atoms with E-state index in [2.05, 4.69) is 180 Å². The first-order valence-electron chi connectivity index (χ1n) is 20.7. The zero-order chi connectivity index (χ0) is 41.5. The summed E-state index contributed by atoms with van der Waals surface area (Å²) in [5.74, 6) is 1.27. The molecule has 0 N–H and O–H groups in total. The second-order valence-corrected chi connectivity index (χ2v) is 20.9. The van der Waals surface area contributed by atoms with Crippen LogP contribution < -0.4 is 19.1 Å². The summed E-state index contributed by atoms with van der Waals surface area (Å²) in [5, 5.41) is 0. The Morgan fingerprint density at radius 2 is 1.24 bits per heavy atom. The number of fused-ring (bicyclic) bond motifs is 9. The number of hydrogen-bond acceptors (Lipinski definition) is 3. The first-order chi connectivity index (χ1) is 27.1. The molecule has 6 heteroatoms. The van der Waals surface area contributed by atoms with Crippen molar-refractivity contribution in [2.45, 2.75) is 110 Å². The van der Waals surface area contributed by atoms with Crippen molar-refractivity contribution in [2.24, 2.45) is 7.05 Å². The van der Waals surface area contributed by atoms with E-state index in [-0.39, 0.29) is 42.7 Å². The first kappa shape index (κ1) is 41.1. The summed E-state index contributed by atoms with van der Waals surface area (Å²) in [4.78, 5) is 4.61. The number of nitrogens with zero attached hydrogens (tertiary/aromatic N) is 4. The van der Waals surface area contributed by atoms with Gasteiger partial charge < -0.3 is 23.7 Å². The molecule has 5 nitrogen and oxygen atoms in total. The van der Waals surface area contributed by atoms with Gasteiger partial charge in [0, 0.05) is 40.7 Å². The summed E-state index contributed by atoms with van der Waals surface area (Å²) in [5.41, 5.74) is 16.7. The molecule has 1 aliphatic carbocycles. The summed E-state index contributed by atoms with van der Waals surface area (Å²) in [6.45, 7) is 30.7. The molecule has 5 aromatic carbocycles. The van der Waals surface area contributed by atoms with E-state index < -0.39 is 5.41 Å². The van der Waals surface area contributed by atoms with E-state index in [0.717, 1.165) is 11.4 Å². The van der Waals surface area contributed by atoms with Crippen molar-refractivity contribution in [2.75, 3.05) is 16.8 Å². The van der Waals surface area contributed by atoms with Gasteiger partial charge in [0.15, 0.2) is 0 Å². The Balaban J connectivity index is 0.00000484. The molecule has 0 bridgehead atoms. The van der Waals surface area contributed by atoms with Crippen LogP contribution in [0.3, 0.4) is 0 Å². The zero-order valence-corrected chi connectivity index (χ0v) is 39.4. The molecule has 0 fully saturated rings. The van der Waals surface area contributed by atoms with Crippen LogP contribution in [0.25, 0.3) is 16.8 Å². The fourth-order valence-corrected chi connectivity index (χ4v) is 9.52. The smallest absolute Gasteiger partial charge is 0.510 e. The van der Waals surface area contributed by atoms with Gasteiger partial charge in [-0.1, -0.05) is 131 Å². The SMILES string of the molecule is CN1[CH-]N2c3[c-]c(Oc4[c-]c(-n5[c-][n+](C)cc5)ccc4)ccc3C3(c4cccc1c42)c1c(cc(C(C)(C)C)cc1C(C)(C)C)-c1cc(C(C)(C)C)cc(C(C)(C)C)c13.[Pt+4]. The van der Waals surface area contributed by atoms with E-state index in [0.29, 0.717) is 11.5 Å². The third kappa shape index (κ3) is 6.32. The third-order valence-corrected chi connectivity index (χ3v) is 12.5. The van der Waals surface area contributed by atoms with E-state index in [1.165, 1.54) is 67.0 Å². The molecular weight excluding hydrogens is 904 g/mol. The number of para-hydroxylation sites is 1. The molecule has 1 aromatic heterocycles. The fraction of sp³-hybridized carbons (Fsp3) is 0.358. The molecule has 6 aromatic rings. The third-order valence-electron chi connectivity index (χ3n) is 12.5. The minimum Gasteiger partial charge on any atom is -0.510 e. The molecule has 0 unspecified atom stereocenters. The van der Waals surface area contributed by atoms with Crippen LogP contribution in [0.1, 0.15) is 128 Å². The van der Waals surface area contributed by atoms with Gasteiger partial charge in [-0.3, -0.25) is 0 Å². The average molecular weight is 961 g/mol. The Kier molecular flexibility index (Phi) is 9.38. The first-order valence-corrected chi connectivity index (χ1v) is 20.7.